The first kappa shape index (κ1) is 14.7. The highest BCUT2D eigenvalue weighted by Crippen LogP contribution is 2.33. The van der Waals surface area contributed by atoms with Crippen LogP contribution in [0.4, 0.5) is 0 Å². The number of fused-ring (bicyclic) bond motifs is 1. The topological polar surface area (TPSA) is 33.7 Å². The summed E-state index contributed by atoms with van der Waals surface area (Å²) in [6.45, 7) is 8.06. The van der Waals surface area contributed by atoms with Gasteiger partial charge < -0.3 is 14.8 Å². The second-order valence-corrected chi connectivity index (χ2v) is 6.36. The van der Waals surface area contributed by atoms with Gasteiger partial charge in [0.25, 0.3) is 0 Å². The molecule has 0 aromatic heterocycles. The summed E-state index contributed by atoms with van der Waals surface area (Å²) in [6.07, 6.45) is 1.10. The normalized spacial score (nSPS) is 25.7. The van der Waals surface area contributed by atoms with Crippen LogP contribution < -0.4 is 14.8 Å². The predicted molar refractivity (Wildman–Crippen MR) is 84.1 cm³/mol. The smallest absolute Gasteiger partial charge is 0.161 e. The second-order valence-electron chi connectivity index (χ2n) is 6.36. The van der Waals surface area contributed by atoms with Crippen molar-refractivity contribution in [2.75, 3.05) is 40.4 Å². The van der Waals surface area contributed by atoms with Crippen LogP contribution >= 0.6 is 0 Å². The number of hydrogen-bond donors (Lipinski definition) is 1. The Labute approximate surface area is 127 Å². The number of rotatable bonds is 4. The van der Waals surface area contributed by atoms with Gasteiger partial charge in [-0.3, -0.25) is 4.90 Å². The zero-order valence-corrected chi connectivity index (χ0v) is 13.3. The Bertz CT molecular complexity index is 504. The molecule has 3 rings (SSSR count). The predicted octanol–water partition coefficient (Wildman–Crippen LogP) is 1.92. The van der Waals surface area contributed by atoms with E-state index in [0.717, 1.165) is 49.4 Å². The number of benzene rings is 1. The molecule has 2 atom stereocenters. The monoisotopic (exact) mass is 290 g/mol. The van der Waals surface area contributed by atoms with Gasteiger partial charge in [0, 0.05) is 19.6 Å². The van der Waals surface area contributed by atoms with Crippen molar-refractivity contribution in [2.45, 2.75) is 19.9 Å². The maximum atomic E-state index is 5.43. The summed E-state index contributed by atoms with van der Waals surface area (Å²) in [7, 11) is 3.41. The highest BCUT2D eigenvalue weighted by Gasteiger charge is 2.27. The minimum atomic E-state index is 0.784. The molecule has 116 valence electrons. The minimum absolute atomic E-state index is 0.784. The van der Waals surface area contributed by atoms with Crippen LogP contribution in [0.1, 0.15) is 18.1 Å². The zero-order chi connectivity index (χ0) is 14.8. The first-order valence-electron chi connectivity index (χ1n) is 7.88. The highest BCUT2D eigenvalue weighted by atomic mass is 16.5. The number of nitrogens with one attached hydrogen (secondary N) is 1. The number of hydrogen-bond acceptors (Lipinski definition) is 4. The molecule has 1 fully saturated rings. The van der Waals surface area contributed by atoms with E-state index >= 15 is 0 Å². The fourth-order valence-corrected chi connectivity index (χ4v) is 3.54. The molecule has 4 heteroatoms. The molecular formula is C17H26N2O2. The van der Waals surface area contributed by atoms with Crippen molar-refractivity contribution in [3.63, 3.8) is 0 Å². The Kier molecular flexibility index (Phi) is 4.36. The van der Waals surface area contributed by atoms with Gasteiger partial charge in [-0.05, 0) is 54.6 Å². The molecule has 0 amide bonds. The van der Waals surface area contributed by atoms with Gasteiger partial charge in [0.2, 0.25) is 0 Å². The minimum Gasteiger partial charge on any atom is -0.493 e. The third-order valence-corrected chi connectivity index (χ3v) is 4.97. The van der Waals surface area contributed by atoms with E-state index in [1.54, 1.807) is 14.2 Å². The molecule has 2 aliphatic rings. The third-order valence-electron chi connectivity index (χ3n) is 4.97. The molecule has 0 saturated carbocycles. The van der Waals surface area contributed by atoms with E-state index in [9.17, 15) is 0 Å². The third kappa shape index (κ3) is 3.01. The summed E-state index contributed by atoms with van der Waals surface area (Å²) < 4.78 is 10.8. The van der Waals surface area contributed by atoms with Crippen LogP contribution in [0.15, 0.2) is 12.1 Å². The average molecular weight is 290 g/mol. The van der Waals surface area contributed by atoms with Crippen LogP contribution in [0.3, 0.4) is 0 Å². The Balaban J connectivity index is 1.72. The quantitative estimate of drug-likeness (QED) is 0.918. The molecule has 0 aliphatic carbocycles. The largest absolute Gasteiger partial charge is 0.493 e. The van der Waals surface area contributed by atoms with Crippen LogP contribution in [-0.2, 0) is 13.0 Å². The highest BCUT2D eigenvalue weighted by molar-refractivity contribution is 5.48. The van der Waals surface area contributed by atoms with Crippen molar-refractivity contribution >= 4 is 0 Å². The van der Waals surface area contributed by atoms with Crippen molar-refractivity contribution in [1.29, 1.82) is 0 Å². The molecule has 1 aromatic carbocycles. The lowest BCUT2D eigenvalue weighted by molar-refractivity contribution is 0.202. The molecule has 0 spiro atoms. The van der Waals surface area contributed by atoms with Gasteiger partial charge in [-0.25, -0.2) is 0 Å². The van der Waals surface area contributed by atoms with Crippen LogP contribution in [-0.4, -0.2) is 45.3 Å². The molecule has 1 saturated heterocycles. The molecule has 4 nitrogen and oxygen atoms in total. The summed E-state index contributed by atoms with van der Waals surface area (Å²) >= 11 is 0. The van der Waals surface area contributed by atoms with E-state index in [2.05, 4.69) is 29.3 Å². The van der Waals surface area contributed by atoms with Crippen molar-refractivity contribution in [2.24, 2.45) is 11.8 Å². The number of methoxy groups -OCH3 is 2. The summed E-state index contributed by atoms with van der Waals surface area (Å²) in [4.78, 5) is 2.59. The van der Waals surface area contributed by atoms with Crippen molar-refractivity contribution in [1.82, 2.24) is 10.2 Å². The van der Waals surface area contributed by atoms with Crippen LogP contribution in [0.2, 0.25) is 0 Å². The molecule has 0 bridgehead atoms. The van der Waals surface area contributed by atoms with Crippen LogP contribution in [0.5, 0.6) is 11.5 Å². The molecule has 1 aromatic rings. The van der Waals surface area contributed by atoms with Crippen LogP contribution in [0.25, 0.3) is 0 Å². The van der Waals surface area contributed by atoms with Gasteiger partial charge in [0.1, 0.15) is 0 Å². The SMILES string of the molecule is COc1cc2c(cc1OC)CN(CC1CNCC1C)CC2. The maximum Gasteiger partial charge on any atom is 0.161 e. The van der Waals surface area contributed by atoms with Gasteiger partial charge in [-0.2, -0.15) is 0 Å². The van der Waals surface area contributed by atoms with Gasteiger partial charge in [-0.15, -0.1) is 0 Å². The van der Waals surface area contributed by atoms with E-state index in [-0.39, 0.29) is 0 Å². The first-order chi connectivity index (χ1) is 10.2. The maximum absolute atomic E-state index is 5.43. The molecular weight excluding hydrogens is 264 g/mol. The summed E-state index contributed by atoms with van der Waals surface area (Å²) in [5.41, 5.74) is 2.79. The van der Waals surface area contributed by atoms with Gasteiger partial charge in [-0.1, -0.05) is 6.92 Å². The van der Waals surface area contributed by atoms with Gasteiger partial charge in [0.15, 0.2) is 11.5 Å². The molecule has 1 N–H and O–H groups in total. The lowest BCUT2D eigenvalue weighted by Gasteiger charge is -2.32. The van der Waals surface area contributed by atoms with E-state index < -0.39 is 0 Å². The van der Waals surface area contributed by atoms with E-state index in [1.165, 1.54) is 24.2 Å². The van der Waals surface area contributed by atoms with Gasteiger partial charge in [0.05, 0.1) is 14.2 Å². The molecule has 2 aliphatic heterocycles. The van der Waals surface area contributed by atoms with Crippen molar-refractivity contribution in [3.8, 4) is 11.5 Å². The molecule has 21 heavy (non-hydrogen) atoms. The number of ether oxygens (including phenoxy) is 2. The summed E-state index contributed by atoms with van der Waals surface area (Å²) in [6, 6.07) is 4.29. The summed E-state index contributed by atoms with van der Waals surface area (Å²) in [5.74, 6) is 3.26. The Morgan fingerprint density at radius 2 is 1.86 bits per heavy atom. The average Bonchev–Trinajstić information content (AvgIpc) is 2.91. The lowest BCUT2D eigenvalue weighted by atomic mass is 9.94. The van der Waals surface area contributed by atoms with E-state index in [4.69, 9.17) is 9.47 Å². The Morgan fingerprint density at radius 3 is 2.48 bits per heavy atom. The number of nitrogens with zero attached hydrogens (tertiary/aromatic N) is 1. The van der Waals surface area contributed by atoms with E-state index in [0.29, 0.717) is 0 Å². The lowest BCUT2D eigenvalue weighted by Crippen LogP contribution is -2.36. The van der Waals surface area contributed by atoms with Crippen molar-refractivity contribution < 1.29 is 9.47 Å². The van der Waals surface area contributed by atoms with Crippen LogP contribution in [0, 0.1) is 11.8 Å². The standard InChI is InChI=1S/C17H26N2O2/c1-12-8-18-9-15(12)11-19-5-4-13-6-16(20-2)17(21-3)7-14(13)10-19/h6-7,12,15,18H,4-5,8-11H2,1-3H3. The fourth-order valence-electron chi connectivity index (χ4n) is 3.54. The zero-order valence-electron chi connectivity index (χ0n) is 13.3. The fraction of sp³-hybridized carbons (Fsp3) is 0.647. The Morgan fingerprint density at radius 1 is 1.14 bits per heavy atom. The van der Waals surface area contributed by atoms with Gasteiger partial charge >= 0.3 is 0 Å². The molecule has 2 heterocycles. The molecule has 2 unspecified atom stereocenters. The summed E-state index contributed by atoms with van der Waals surface area (Å²) in [5, 5.41) is 3.50. The molecule has 0 radical (unpaired) electrons. The Hall–Kier alpha value is -1.26. The second kappa shape index (κ2) is 6.24. The van der Waals surface area contributed by atoms with E-state index in [1.807, 2.05) is 0 Å². The van der Waals surface area contributed by atoms with Crippen molar-refractivity contribution in [3.05, 3.63) is 23.3 Å². The first-order valence-corrected chi connectivity index (χ1v) is 7.88.